The maximum atomic E-state index is 12.6. The van der Waals surface area contributed by atoms with E-state index in [2.05, 4.69) is 54.2 Å². The molecule has 1 spiro atoms. The number of aryl methyl sites for hydroxylation is 2. The number of anilines is 2. The highest BCUT2D eigenvalue weighted by molar-refractivity contribution is 6.03. The van der Waals surface area contributed by atoms with Crippen molar-refractivity contribution in [1.82, 2.24) is 9.55 Å². The summed E-state index contributed by atoms with van der Waals surface area (Å²) >= 11 is 0. The maximum absolute atomic E-state index is 12.6. The van der Waals surface area contributed by atoms with E-state index in [1.54, 1.807) is 0 Å². The molecule has 0 saturated carbocycles. The average molecular weight is 386 g/mol. The summed E-state index contributed by atoms with van der Waals surface area (Å²) in [6.45, 7) is 2.88. The third-order valence-corrected chi connectivity index (χ3v) is 7.27. The van der Waals surface area contributed by atoms with Gasteiger partial charge >= 0.3 is 0 Å². The molecule has 3 aliphatic rings. The van der Waals surface area contributed by atoms with E-state index in [9.17, 15) is 4.79 Å². The predicted octanol–water partition coefficient (Wildman–Crippen LogP) is 3.90. The van der Waals surface area contributed by atoms with Crippen LogP contribution in [0.3, 0.4) is 0 Å². The average Bonchev–Trinajstić information content (AvgIpc) is 3.37. The van der Waals surface area contributed by atoms with Gasteiger partial charge in [-0.2, -0.15) is 0 Å². The molecule has 3 aromatic rings. The minimum Gasteiger partial charge on any atom is -0.377 e. The van der Waals surface area contributed by atoms with Crippen LogP contribution in [-0.4, -0.2) is 27.5 Å². The number of fused-ring (bicyclic) bond motifs is 4. The van der Waals surface area contributed by atoms with E-state index in [-0.39, 0.29) is 11.4 Å². The van der Waals surface area contributed by atoms with E-state index in [1.165, 1.54) is 16.7 Å². The lowest BCUT2D eigenvalue weighted by Crippen LogP contribution is -2.43. The van der Waals surface area contributed by atoms with Crippen LogP contribution < -0.4 is 10.2 Å². The number of carbonyl (C=O) groups excluding carboxylic acids is 1. The Kier molecular flexibility index (Phi) is 3.44. The van der Waals surface area contributed by atoms with Gasteiger partial charge in [0.1, 0.15) is 11.3 Å². The number of amides is 1. The van der Waals surface area contributed by atoms with Crippen molar-refractivity contribution in [3.05, 3.63) is 52.8 Å². The summed E-state index contributed by atoms with van der Waals surface area (Å²) in [7, 11) is 2.07. The van der Waals surface area contributed by atoms with Crippen LogP contribution in [0.2, 0.25) is 0 Å². The van der Waals surface area contributed by atoms with E-state index < -0.39 is 0 Å². The molecule has 1 aromatic heterocycles. The molecule has 0 atom stereocenters. The molecule has 148 valence electrons. The fourth-order valence-electron chi connectivity index (χ4n) is 5.65. The first-order valence-corrected chi connectivity index (χ1v) is 10.7. The summed E-state index contributed by atoms with van der Waals surface area (Å²) in [5.74, 6) is 1.25. The van der Waals surface area contributed by atoms with E-state index >= 15 is 0 Å². The molecule has 29 heavy (non-hydrogen) atoms. The van der Waals surface area contributed by atoms with Gasteiger partial charge in [-0.25, -0.2) is 4.98 Å². The molecular weight excluding hydrogens is 360 g/mol. The first-order valence-electron chi connectivity index (χ1n) is 10.7. The minimum atomic E-state index is 0.0582. The summed E-state index contributed by atoms with van der Waals surface area (Å²) < 4.78 is 2.14. The standard InChI is InChI=1S/C24H26N4O/c1-15-25-23-20(27(15)2)12-19(28-11-5-8-21(28)29)18-9-10-24(26-22(18)23)13-16-6-3-4-7-17(16)14-24/h3-4,6-7,12,26H,5,8-11,13-14H2,1-2H3. The Morgan fingerprint density at radius 3 is 2.59 bits per heavy atom. The normalized spacial score (nSPS) is 19.7. The fraction of sp³-hybridized carbons (Fsp3) is 0.417. The van der Waals surface area contributed by atoms with Crippen molar-refractivity contribution in [2.45, 2.75) is 51.0 Å². The fourth-order valence-corrected chi connectivity index (χ4v) is 5.65. The Hall–Kier alpha value is -2.82. The number of benzene rings is 2. The smallest absolute Gasteiger partial charge is 0.227 e. The van der Waals surface area contributed by atoms with Crippen LogP contribution in [0.1, 0.15) is 41.8 Å². The monoisotopic (exact) mass is 386 g/mol. The number of nitrogens with zero attached hydrogens (tertiary/aromatic N) is 3. The Bertz CT molecular complexity index is 1150. The van der Waals surface area contributed by atoms with Crippen molar-refractivity contribution in [2.24, 2.45) is 7.05 Å². The van der Waals surface area contributed by atoms with E-state index in [0.717, 1.165) is 66.9 Å². The Morgan fingerprint density at radius 2 is 1.90 bits per heavy atom. The number of carbonyl (C=O) groups is 1. The van der Waals surface area contributed by atoms with Gasteiger partial charge in [0.25, 0.3) is 0 Å². The Labute approximate surface area is 170 Å². The van der Waals surface area contributed by atoms with Crippen molar-refractivity contribution < 1.29 is 4.79 Å². The van der Waals surface area contributed by atoms with Crippen LogP contribution in [0.15, 0.2) is 30.3 Å². The van der Waals surface area contributed by atoms with E-state index in [4.69, 9.17) is 4.98 Å². The number of hydrogen-bond acceptors (Lipinski definition) is 3. The van der Waals surface area contributed by atoms with Gasteiger partial charge in [-0.3, -0.25) is 4.79 Å². The molecule has 1 N–H and O–H groups in total. The lowest BCUT2D eigenvalue weighted by Gasteiger charge is -2.38. The van der Waals surface area contributed by atoms with E-state index in [0.29, 0.717) is 6.42 Å². The number of rotatable bonds is 1. The van der Waals surface area contributed by atoms with Gasteiger partial charge in [0.05, 0.1) is 16.9 Å². The zero-order valence-corrected chi connectivity index (χ0v) is 17.1. The molecular formula is C24H26N4O. The molecule has 0 bridgehead atoms. The van der Waals surface area contributed by atoms with Crippen molar-refractivity contribution >= 4 is 28.3 Å². The predicted molar refractivity (Wildman–Crippen MR) is 116 cm³/mol. The zero-order chi connectivity index (χ0) is 19.8. The molecule has 0 unspecified atom stereocenters. The van der Waals surface area contributed by atoms with Crippen molar-refractivity contribution in [3.8, 4) is 0 Å². The highest BCUT2D eigenvalue weighted by Gasteiger charge is 2.41. The Morgan fingerprint density at radius 1 is 1.14 bits per heavy atom. The molecule has 1 aliphatic carbocycles. The zero-order valence-electron chi connectivity index (χ0n) is 17.1. The minimum absolute atomic E-state index is 0.0582. The number of aromatic nitrogens is 2. The Balaban J connectivity index is 1.52. The highest BCUT2D eigenvalue weighted by atomic mass is 16.2. The molecule has 2 aromatic carbocycles. The van der Waals surface area contributed by atoms with Crippen LogP contribution in [0.4, 0.5) is 11.4 Å². The van der Waals surface area contributed by atoms with Gasteiger partial charge in [-0.1, -0.05) is 24.3 Å². The van der Waals surface area contributed by atoms with Gasteiger partial charge in [-0.05, 0) is 56.2 Å². The van der Waals surface area contributed by atoms with Crippen molar-refractivity contribution in [1.29, 1.82) is 0 Å². The lowest BCUT2D eigenvalue weighted by atomic mass is 9.82. The molecule has 3 heterocycles. The van der Waals surface area contributed by atoms with Crippen LogP contribution in [0.5, 0.6) is 0 Å². The molecule has 5 nitrogen and oxygen atoms in total. The second-order valence-electron chi connectivity index (χ2n) is 9.01. The van der Waals surface area contributed by atoms with E-state index in [1.807, 2.05) is 4.90 Å². The number of imidazole rings is 1. The van der Waals surface area contributed by atoms with Crippen molar-refractivity contribution in [3.63, 3.8) is 0 Å². The summed E-state index contributed by atoms with van der Waals surface area (Å²) in [6, 6.07) is 11.0. The highest BCUT2D eigenvalue weighted by Crippen LogP contribution is 2.46. The summed E-state index contributed by atoms with van der Waals surface area (Å²) in [6.07, 6.45) is 5.79. The second-order valence-corrected chi connectivity index (χ2v) is 9.01. The molecule has 5 heteroatoms. The second kappa shape index (κ2) is 5.85. The molecule has 1 fully saturated rings. The van der Waals surface area contributed by atoms with Gasteiger partial charge < -0.3 is 14.8 Å². The first-order chi connectivity index (χ1) is 14.0. The quantitative estimate of drug-likeness (QED) is 0.690. The number of nitrogens with one attached hydrogen (secondary N) is 1. The van der Waals surface area contributed by atoms with Crippen LogP contribution >= 0.6 is 0 Å². The third-order valence-electron chi connectivity index (χ3n) is 7.27. The molecule has 2 aliphatic heterocycles. The van der Waals surface area contributed by atoms with Gasteiger partial charge in [0, 0.05) is 31.1 Å². The molecule has 1 saturated heterocycles. The summed E-state index contributed by atoms with van der Waals surface area (Å²) in [5, 5.41) is 3.97. The van der Waals surface area contributed by atoms with Crippen molar-refractivity contribution in [2.75, 3.05) is 16.8 Å². The molecule has 6 rings (SSSR count). The third kappa shape index (κ3) is 2.39. The molecule has 1 amide bonds. The SMILES string of the molecule is Cc1nc2c3c(c(N4CCCC4=O)cc2n1C)CCC1(Cc2ccccc2C1)N3. The van der Waals surface area contributed by atoms with Gasteiger partial charge in [-0.15, -0.1) is 0 Å². The van der Waals surface area contributed by atoms with Crippen LogP contribution in [0.25, 0.3) is 11.0 Å². The molecule has 0 radical (unpaired) electrons. The van der Waals surface area contributed by atoms with Crippen LogP contribution in [-0.2, 0) is 31.1 Å². The van der Waals surface area contributed by atoms with Crippen LogP contribution in [0, 0.1) is 6.92 Å². The number of hydrogen-bond donors (Lipinski definition) is 1. The largest absolute Gasteiger partial charge is 0.377 e. The van der Waals surface area contributed by atoms with Gasteiger partial charge in [0.2, 0.25) is 5.91 Å². The van der Waals surface area contributed by atoms with Gasteiger partial charge in [0.15, 0.2) is 0 Å². The topological polar surface area (TPSA) is 50.2 Å². The summed E-state index contributed by atoms with van der Waals surface area (Å²) in [5.41, 5.74) is 8.65. The maximum Gasteiger partial charge on any atom is 0.227 e. The first kappa shape index (κ1) is 17.1. The summed E-state index contributed by atoms with van der Waals surface area (Å²) in [4.78, 5) is 19.5. The lowest BCUT2D eigenvalue weighted by molar-refractivity contribution is -0.117.